The van der Waals surface area contributed by atoms with E-state index in [2.05, 4.69) is 23.9 Å². The SMILES string of the molecule is CCC(C)n1ccc(Cn2cnc3c(C)csc3c2=O)n1. The lowest BCUT2D eigenvalue weighted by molar-refractivity contribution is 0.472. The van der Waals surface area contributed by atoms with Gasteiger partial charge in [0.1, 0.15) is 4.70 Å². The smallest absolute Gasteiger partial charge is 0.271 e. The molecule has 0 aliphatic carbocycles. The molecule has 0 aliphatic rings. The third-order valence-corrected chi connectivity index (χ3v) is 4.84. The van der Waals surface area contributed by atoms with Gasteiger partial charge in [0.15, 0.2) is 0 Å². The molecular weight excluding hydrogens is 284 g/mol. The van der Waals surface area contributed by atoms with Gasteiger partial charge < -0.3 is 0 Å². The van der Waals surface area contributed by atoms with Gasteiger partial charge in [-0.2, -0.15) is 5.10 Å². The van der Waals surface area contributed by atoms with Crippen molar-refractivity contribution in [1.82, 2.24) is 19.3 Å². The standard InChI is InChI=1S/C15H18N4OS/c1-4-11(3)19-6-5-12(17-19)7-18-9-16-13-10(2)8-21-14(13)15(18)20/h5-6,8-9,11H,4,7H2,1-3H3. The van der Waals surface area contributed by atoms with Crippen molar-refractivity contribution < 1.29 is 0 Å². The van der Waals surface area contributed by atoms with Gasteiger partial charge in [0.05, 0.1) is 24.1 Å². The molecule has 0 radical (unpaired) electrons. The molecule has 3 rings (SSSR count). The Balaban J connectivity index is 1.93. The first-order valence-electron chi connectivity index (χ1n) is 7.07. The lowest BCUT2D eigenvalue weighted by atomic mass is 10.3. The number of aromatic nitrogens is 4. The monoisotopic (exact) mass is 302 g/mol. The van der Waals surface area contributed by atoms with Crippen LogP contribution in [0.3, 0.4) is 0 Å². The van der Waals surface area contributed by atoms with Gasteiger partial charge >= 0.3 is 0 Å². The Kier molecular flexibility index (Phi) is 3.63. The second-order valence-corrected chi connectivity index (χ2v) is 6.20. The molecule has 0 amide bonds. The maximum absolute atomic E-state index is 12.4. The van der Waals surface area contributed by atoms with Crippen LogP contribution in [-0.2, 0) is 6.54 Å². The highest BCUT2D eigenvalue weighted by molar-refractivity contribution is 7.17. The lowest BCUT2D eigenvalue weighted by Crippen LogP contribution is -2.20. The van der Waals surface area contributed by atoms with E-state index in [9.17, 15) is 4.79 Å². The van der Waals surface area contributed by atoms with E-state index in [4.69, 9.17) is 0 Å². The number of aryl methyl sites for hydroxylation is 1. The van der Waals surface area contributed by atoms with Crippen molar-refractivity contribution in [2.24, 2.45) is 0 Å². The fourth-order valence-electron chi connectivity index (χ4n) is 2.24. The largest absolute Gasteiger partial charge is 0.292 e. The molecule has 1 atom stereocenters. The zero-order valence-electron chi connectivity index (χ0n) is 12.4. The Morgan fingerprint density at radius 3 is 3.00 bits per heavy atom. The van der Waals surface area contributed by atoms with Crippen LogP contribution >= 0.6 is 11.3 Å². The van der Waals surface area contributed by atoms with Crippen molar-refractivity contribution in [3.63, 3.8) is 0 Å². The van der Waals surface area contributed by atoms with Crippen LogP contribution < -0.4 is 5.56 Å². The van der Waals surface area contributed by atoms with Crippen LogP contribution in [0.25, 0.3) is 10.2 Å². The van der Waals surface area contributed by atoms with E-state index < -0.39 is 0 Å². The maximum Gasteiger partial charge on any atom is 0.271 e. The van der Waals surface area contributed by atoms with Crippen LogP contribution in [0.15, 0.2) is 28.8 Å². The molecule has 0 aromatic carbocycles. The molecule has 6 heteroatoms. The van der Waals surface area contributed by atoms with Crippen LogP contribution in [0.2, 0.25) is 0 Å². The molecule has 0 bridgehead atoms. The third kappa shape index (κ3) is 2.51. The highest BCUT2D eigenvalue weighted by atomic mass is 32.1. The summed E-state index contributed by atoms with van der Waals surface area (Å²) in [4.78, 5) is 16.8. The minimum Gasteiger partial charge on any atom is -0.292 e. The number of hydrogen-bond donors (Lipinski definition) is 0. The summed E-state index contributed by atoms with van der Waals surface area (Å²) in [6.07, 6.45) is 4.62. The molecule has 110 valence electrons. The summed E-state index contributed by atoms with van der Waals surface area (Å²) in [7, 11) is 0. The minimum atomic E-state index is 0.0104. The first-order valence-corrected chi connectivity index (χ1v) is 7.95. The van der Waals surface area contributed by atoms with Crippen LogP contribution in [0, 0.1) is 6.92 Å². The molecule has 0 N–H and O–H groups in total. The van der Waals surface area contributed by atoms with E-state index >= 15 is 0 Å². The van der Waals surface area contributed by atoms with Gasteiger partial charge in [-0.05, 0) is 37.3 Å². The molecule has 0 saturated carbocycles. The van der Waals surface area contributed by atoms with Gasteiger partial charge in [0.2, 0.25) is 0 Å². The molecule has 3 aromatic rings. The normalized spacial score (nSPS) is 12.9. The Labute approximate surface area is 126 Å². The summed E-state index contributed by atoms with van der Waals surface area (Å²) in [5.74, 6) is 0. The minimum absolute atomic E-state index is 0.0104. The predicted molar refractivity (Wildman–Crippen MR) is 84.9 cm³/mol. The second-order valence-electron chi connectivity index (χ2n) is 5.32. The molecule has 5 nitrogen and oxygen atoms in total. The summed E-state index contributed by atoms with van der Waals surface area (Å²) < 4.78 is 4.29. The number of fused-ring (bicyclic) bond motifs is 1. The zero-order chi connectivity index (χ0) is 15.0. The highest BCUT2D eigenvalue weighted by Crippen LogP contribution is 2.19. The van der Waals surface area contributed by atoms with E-state index in [1.165, 1.54) is 11.3 Å². The molecule has 0 saturated heterocycles. The molecule has 0 spiro atoms. The van der Waals surface area contributed by atoms with E-state index in [0.717, 1.165) is 27.9 Å². The summed E-state index contributed by atoms with van der Waals surface area (Å²) in [5, 5.41) is 6.51. The average Bonchev–Trinajstić information content (AvgIpc) is 3.09. The Hall–Kier alpha value is -1.95. The van der Waals surface area contributed by atoms with Crippen LogP contribution in [0.5, 0.6) is 0 Å². The molecule has 0 aliphatic heterocycles. The van der Waals surface area contributed by atoms with E-state index in [-0.39, 0.29) is 5.56 Å². The fourth-order valence-corrected chi connectivity index (χ4v) is 3.19. The second kappa shape index (κ2) is 5.44. The molecule has 3 heterocycles. The molecule has 0 fully saturated rings. The lowest BCUT2D eigenvalue weighted by Gasteiger charge is -2.08. The van der Waals surface area contributed by atoms with Gasteiger partial charge in [-0.3, -0.25) is 14.0 Å². The molecule has 3 aromatic heterocycles. The quantitative estimate of drug-likeness (QED) is 0.744. The van der Waals surface area contributed by atoms with Gasteiger partial charge in [0.25, 0.3) is 5.56 Å². The van der Waals surface area contributed by atoms with E-state index in [1.807, 2.05) is 29.2 Å². The summed E-state index contributed by atoms with van der Waals surface area (Å²) in [6, 6.07) is 2.33. The molecule has 1 unspecified atom stereocenters. The highest BCUT2D eigenvalue weighted by Gasteiger charge is 2.10. The van der Waals surface area contributed by atoms with E-state index in [0.29, 0.717) is 12.6 Å². The van der Waals surface area contributed by atoms with Gasteiger partial charge in [-0.1, -0.05) is 6.92 Å². The molecule has 21 heavy (non-hydrogen) atoms. The zero-order valence-corrected chi connectivity index (χ0v) is 13.2. The number of nitrogens with zero attached hydrogens (tertiary/aromatic N) is 4. The van der Waals surface area contributed by atoms with Crippen molar-refractivity contribution >= 4 is 21.6 Å². The van der Waals surface area contributed by atoms with Crippen LogP contribution in [0.4, 0.5) is 0 Å². The van der Waals surface area contributed by atoms with Crippen molar-refractivity contribution in [2.75, 3.05) is 0 Å². The van der Waals surface area contributed by atoms with Crippen molar-refractivity contribution in [3.05, 3.63) is 45.6 Å². The predicted octanol–water partition coefficient (Wildman–Crippen LogP) is 2.98. The van der Waals surface area contributed by atoms with E-state index in [1.54, 1.807) is 10.9 Å². The Bertz CT molecular complexity index is 830. The van der Waals surface area contributed by atoms with Crippen LogP contribution in [0.1, 0.15) is 37.6 Å². The van der Waals surface area contributed by atoms with Crippen molar-refractivity contribution in [1.29, 1.82) is 0 Å². The summed E-state index contributed by atoms with van der Waals surface area (Å²) in [5.41, 5.74) is 2.76. The van der Waals surface area contributed by atoms with Gasteiger partial charge in [0, 0.05) is 12.2 Å². The summed E-state index contributed by atoms with van der Waals surface area (Å²) >= 11 is 1.46. The molecular formula is C15H18N4OS. The first kappa shape index (κ1) is 14.0. The first-order chi connectivity index (χ1) is 10.1. The third-order valence-electron chi connectivity index (χ3n) is 3.76. The number of thiophene rings is 1. The topological polar surface area (TPSA) is 52.7 Å². The van der Waals surface area contributed by atoms with Crippen molar-refractivity contribution in [3.8, 4) is 0 Å². The fraction of sp³-hybridized carbons (Fsp3) is 0.400. The summed E-state index contributed by atoms with van der Waals surface area (Å²) in [6.45, 7) is 6.70. The number of rotatable bonds is 4. The Morgan fingerprint density at radius 1 is 1.43 bits per heavy atom. The average molecular weight is 302 g/mol. The van der Waals surface area contributed by atoms with Crippen molar-refractivity contribution in [2.45, 2.75) is 39.8 Å². The Morgan fingerprint density at radius 2 is 2.24 bits per heavy atom. The number of hydrogen-bond acceptors (Lipinski definition) is 4. The van der Waals surface area contributed by atoms with Gasteiger partial charge in [-0.15, -0.1) is 11.3 Å². The van der Waals surface area contributed by atoms with Crippen LogP contribution in [-0.4, -0.2) is 19.3 Å². The maximum atomic E-state index is 12.4. The van der Waals surface area contributed by atoms with Gasteiger partial charge in [-0.25, -0.2) is 4.98 Å².